The zero-order chi connectivity index (χ0) is 17.2. The Morgan fingerprint density at radius 3 is 2.60 bits per heavy atom. The molecule has 0 N–H and O–H groups in total. The third-order valence-electron chi connectivity index (χ3n) is 4.68. The molecule has 25 heavy (non-hydrogen) atoms. The highest BCUT2D eigenvalue weighted by molar-refractivity contribution is 5.80. The Hall–Kier alpha value is -2.53. The molecule has 0 radical (unpaired) electrons. The summed E-state index contributed by atoms with van der Waals surface area (Å²) in [6, 6.07) is 10.6. The number of rotatable bonds is 3. The van der Waals surface area contributed by atoms with Crippen molar-refractivity contribution in [1.29, 1.82) is 0 Å². The largest absolute Gasteiger partial charge is 0.381 e. The van der Waals surface area contributed by atoms with E-state index in [2.05, 4.69) is 16.1 Å². The van der Waals surface area contributed by atoms with Crippen molar-refractivity contribution < 1.29 is 9.13 Å². The normalized spacial score (nSPS) is 15.4. The summed E-state index contributed by atoms with van der Waals surface area (Å²) in [6.45, 7) is 1.59. The van der Waals surface area contributed by atoms with Crippen LogP contribution in [0.3, 0.4) is 0 Å². The van der Waals surface area contributed by atoms with Gasteiger partial charge in [0.15, 0.2) is 0 Å². The molecule has 0 amide bonds. The highest BCUT2D eigenvalue weighted by atomic mass is 19.1. The summed E-state index contributed by atoms with van der Waals surface area (Å²) in [5.41, 5.74) is 4.98. The minimum atomic E-state index is -0.244. The molecule has 4 rings (SSSR count). The van der Waals surface area contributed by atoms with Crippen LogP contribution in [-0.4, -0.2) is 28.0 Å². The van der Waals surface area contributed by atoms with E-state index in [4.69, 9.17) is 4.74 Å². The number of nitrogens with zero attached hydrogens (tertiary/aromatic N) is 3. The SMILES string of the molecule is Cn1cc(-c2ccnc(C3CCOCC3)c2)c(-c2ccc(F)cc2)n1. The third-order valence-corrected chi connectivity index (χ3v) is 4.68. The second-order valence-corrected chi connectivity index (χ2v) is 6.43. The Labute approximate surface area is 146 Å². The molecule has 3 heterocycles. The molecule has 1 saturated heterocycles. The minimum Gasteiger partial charge on any atom is -0.381 e. The highest BCUT2D eigenvalue weighted by Gasteiger charge is 2.19. The van der Waals surface area contributed by atoms with Crippen molar-refractivity contribution in [3.63, 3.8) is 0 Å². The molecule has 128 valence electrons. The van der Waals surface area contributed by atoms with Gasteiger partial charge < -0.3 is 4.74 Å². The Morgan fingerprint density at radius 1 is 1.08 bits per heavy atom. The molecule has 0 saturated carbocycles. The first-order valence-corrected chi connectivity index (χ1v) is 8.54. The Balaban J connectivity index is 1.73. The summed E-state index contributed by atoms with van der Waals surface area (Å²) in [4.78, 5) is 4.58. The van der Waals surface area contributed by atoms with Gasteiger partial charge in [0.05, 0.1) is 0 Å². The molecule has 0 atom stereocenters. The summed E-state index contributed by atoms with van der Waals surface area (Å²) in [6.07, 6.45) is 5.88. The van der Waals surface area contributed by atoms with E-state index in [9.17, 15) is 4.39 Å². The van der Waals surface area contributed by atoms with Gasteiger partial charge in [-0.1, -0.05) is 0 Å². The van der Waals surface area contributed by atoms with Gasteiger partial charge in [-0.2, -0.15) is 5.10 Å². The van der Waals surface area contributed by atoms with Gasteiger partial charge in [-0.05, 0) is 54.8 Å². The smallest absolute Gasteiger partial charge is 0.123 e. The number of benzene rings is 1. The van der Waals surface area contributed by atoms with Crippen LogP contribution in [0.15, 0.2) is 48.8 Å². The van der Waals surface area contributed by atoms with E-state index in [1.165, 1.54) is 12.1 Å². The van der Waals surface area contributed by atoms with Gasteiger partial charge in [-0.15, -0.1) is 0 Å². The van der Waals surface area contributed by atoms with Gasteiger partial charge in [-0.25, -0.2) is 4.39 Å². The van der Waals surface area contributed by atoms with Gasteiger partial charge >= 0.3 is 0 Å². The topological polar surface area (TPSA) is 39.9 Å². The maximum absolute atomic E-state index is 13.2. The number of hydrogen-bond donors (Lipinski definition) is 0. The van der Waals surface area contributed by atoms with Crippen LogP contribution in [0.1, 0.15) is 24.5 Å². The Morgan fingerprint density at radius 2 is 1.84 bits per heavy atom. The molecule has 1 aliphatic rings. The standard InChI is InChI=1S/C20H20FN3O/c1-24-13-18(20(23-24)15-2-4-17(21)5-3-15)16-6-9-22-19(12-16)14-7-10-25-11-8-14/h2-6,9,12-14H,7-8,10-11H2,1H3. The number of halogens is 1. The quantitative estimate of drug-likeness (QED) is 0.720. The van der Waals surface area contributed by atoms with Gasteiger partial charge in [0.25, 0.3) is 0 Å². The van der Waals surface area contributed by atoms with Crippen LogP contribution >= 0.6 is 0 Å². The van der Waals surface area contributed by atoms with E-state index >= 15 is 0 Å². The fourth-order valence-electron chi connectivity index (χ4n) is 3.35. The molecule has 0 aliphatic carbocycles. The lowest BCUT2D eigenvalue weighted by Gasteiger charge is -2.21. The number of aromatic nitrogens is 3. The van der Waals surface area contributed by atoms with Crippen molar-refractivity contribution >= 4 is 0 Å². The Kier molecular flexibility index (Phi) is 4.32. The van der Waals surface area contributed by atoms with Crippen LogP contribution in [0, 0.1) is 5.82 Å². The molecular formula is C20H20FN3O. The van der Waals surface area contributed by atoms with E-state index in [1.54, 1.807) is 16.8 Å². The second kappa shape index (κ2) is 6.76. The Bertz CT molecular complexity index is 867. The van der Waals surface area contributed by atoms with E-state index in [1.807, 2.05) is 25.5 Å². The van der Waals surface area contributed by atoms with Crippen molar-refractivity contribution in [2.45, 2.75) is 18.8 Å². The van der Waals surface area contributed by atoms with Gasteiger partial charge in [0, 0.05) is 55.4 Å². The monoisotopic (exact) mass is 337 g/mol. The van der Waals surface area contributed by atoms with Crippen molar-refractivity contribution in [2.75, 3.05) is 13.2 Å². The summed E-state index contributed by atoms with van der Waals surface area (Å²) < 4.78 is 20.5. The maximum Gasteiger partial charge on any atom is 0.123 e. The van der Waals surface area contributed by atoms with Crippen molar-refractivity contribution in [3.8, 4) is 22.4 Å². The minimum absolute atomic E-state index is 0.244. The molecule has 0 spiro atoms. The van der Waals surface area contributed by atoms with Crippen molar-refractivity contribution in [3.05, 3.63) is 60.3 Å². The molecule has 5 heteroatoms. The van der Waals surface area contributed by atoms with Crippen molar-refractivity contribution in [2.24, 2.45) is 7.05 Å². The molecule has 0 bridgehead atoms. The summed E-state index contributed by atoms with van der Waals surface area (Å²) in [5, 5.41) is 4.58. The first-order valence-electron chi connectivity index (χ1n) is 8.54. The first kappa shape index (κ1) is 16.0. The third kappa shape index (κ3) is 3.33. The maximum atomic E-state index is 13.2. The first-order chi connectivity index (χ1) is 12.2. The van der Waals surface area contributed by atoms with Crippen LogP contribution in [0.5, 0.6) is 0 Å². The van der Waals surface area contributed by atoms with Gasteiger partial charge in [-0.3, -0.25) is 9.67 Å². The van der Waals surface area contributed by atoms with E-state index in [-0.39, 0.29) is 5.82 Å². The lowest BCUT2D eigenvalue weighted by Crippen LogP contribution is -2.15. The molecule has 3 aromatic rings. The van der Waals surface area contributed by atoms with Crippen LogP contribution in [0.2, 0.25) is 0 Å². The lowest BCUT2D eigenvalue weighted by molar-refractivity contribution is 0.0845. The number of ether oxygens (including phenoxy) is 1. The zero-order valence-electron chi connectivity index (χ0n) is 14.2. The lowest BCUT2D eigenvalue weighted by atomic mass is 9.93. The second-order valence-electron chi connectivity index (χ2n) is 6.43. The fraction of sp³-hybridized carbons (Fsp3) is 0.300. The molecule has 0 unspecified atom stereocenters. The van der Waals surface area contributed by atoms with Crippen molar-refractivity contribution in [1.82, 2.24) is 14.8 Å². The van der Waals surface area contributed by atoms with Gasteiger partial charge in [0.2, 0.25) is 0 Å². The van der Waals surface area contributed by atoms with Crippen LogP contribution < -0.4 is 0 Å². The molecular weight excluding hydrogens is 317 g/mol. The predicted octanol–water partition coefficient (Wildman–Crippen LogP) is 4.18. The number of aryl methyl sites for hydroxylation is 1. The molecule has 1 fully saturated rings. The average molecular weight is 337 g/mol. The van der Waals surface area contributed by atoms with E-state index in [0.29, 0.717) is 5.92 Å². The number of hydrogen-bond acceptors (Lipinski definition) is 3. The summed E-state index contributed by atoms with van der Waals surface area (Å²) in [5.74, 6) is 0.201. The van der Waals surface area contributed by atoms with Crippen LogP contribution in [0.4, 0.5) is 4.39 Å². The van der Waals surface area contributed by atoms with Gasteiger partial charge in [0.1, 0.15) is 11.5 Å². The highest BCUT2D eigenvalue weighted by Crippen LogP contribution is 2.33. The molecule has 1 aliphatic heterocycles. The predicted molar refractivity (Wildman–Crippen MR) is 94.6 cm³/mol. The van der Waals surface area contributed by atoms with Crippen LogP contribution in [0.25, 0.3) is 22.4 Å². The molecule has 1 aromatic carbocycles. The van der Waals surface area contributed by atoms with E-state index < -0.39 is 0 Å². The fourth-order valence-corrected chi connectivity index (χ4v) is 3.35. The molecule has 4 nitrogen and oxygen atoms in total. The van der Waals surface area contributed by atoms with Crippen LogP contribution in [-0.2, 0) is 11.8 Å². The molecule has 2 aromatic heterocycles. The number of pyridine rings is 1. The van der Waals surface area contributed by atoms with E-state index in [0.717, 1.165) is 54.1 Å². The summed E-state index contributed by atoms with van der Waals surface area (Å²) in [7, 11) is 1.90. The zero-order valence-corrected chi connectivity index (χ0v) is 14.2. The summed E-state index contributed by atoms with van der Waals surface area (Å²) >= 11 is 0. The average Bonchev–Trinajstić information content (AvgIpc) is 3.05.